The fourth-order valence-corrected chi connectivity index (χ4v) is 4.62. The van der Waals surface area contributed by atoms with Crippen LogP contribution in [0.4, 0.5) is 0 Å². The second-order valence-electron chi connectivity index (χ2n) is 5.14. The first-order chi connectivity index (χ1) is 8.34. The maximum atomic E-state index is 11.7. The largest absolute Gasteiger partial charge is 0.329 e. The Labute approximate surface area is 108 Å². The van der Waals surface area contributed by atoms with E-state index in [0.717, 1.165) is 12.0 Å². The van der Waals surface area contributed by atoms with E-state index in [9.17, 15) is 8.42 Å². The third-order valence-corrected chi connectivity index (χ3v) is 5.50. The van der Waals surface area contributed by atoms with Gasteiger partial charge in [-0.15, -0.1) is 0 Å². The van der Waals surface area contributed by atoms with E-state index in [1.54, 1.807) is 0 Å². The molecule has 0 amide bonds. The highest BCUT2D eigenvalue weighted by molar-refractivity contribution is 7.91. The Balaban J connectivity index is 2.33. The van der Waals surface area contributed by atoms with E-state index < -0.39 is 20.6 Å². The lowest BCUT2D eigenvalue weighted by atomic mass is 10.0. The minimum Gasteiger partial charge on any atom is -0.329 e. The molecule has 2 rings (SSSR count). The van der Waals surface area contributed by atoms with Gasteiger partial charge >= 0.3 is 0 Å². The van der Waals surface area contributed by atoms with Crippen LogP contribution in [-0.2, 0) is 16.3 Å². The molecule has 4 nitrogen and oxygen atoms in total. The molecule has 3 atom stereocenters. The molecule has 0 radical (unpaired) electrons. The van der Waals surface area contributed by atoms with E-state index in [1.807, 2.05) is 24.3 Å². The molecule has 1 saturated carbocycles. The SMILES string of the molecule is CCc1ccc(C2C(S(C)(=O)=O)C2(N)CN)cc1. The second kappa shape index (κ2) is 4.33. The number of benzene rings is 1. The third-order valence-electron chi connectivity index (χ3n) is 3.86. The third kappa shape index (κ3) is 2.06. The number of hydrogen-bond acceptors (Lipinski definition) is 4. The van der Waals surface area contributed by atoms with Crippen molar-refractivity contribution in [3.05, 3.63) is 35.4 Å². The molecule has 5 heteroatoms. The molecule has 1 fully saturated rings. The standard InChI is InChI=1S/C13H20N2O2S/c1-3-9-4-6-10(7-5-9)11-12(18(2,16)17)13(11,15)8-14/h4-7,11-12H,3,8,14-15H2,1-2H3. The molecule has 0 saturated heterocycles. The molecule has 1 aromatic rings. The fraction of sp³-hybridized carbons (Fsp3) is 0.538. The van der Waals surface area contributed by atoms with Crippen LogP contribution in [0.2, 0.25) is 0 Å². The van der Waals surface area contributed by atoms with Crippen molar-refractivity contribution < 1.29 is 8.42 Å². The second-order valence-corrected chi connectivity index (χ2v) is 7.31. The number of sulfone groups is 1. The Morgan fingerprint density at radius 2 is 1.83 bits per heavy atom. The van der Waals surface area contributed by atoms with Crippen molar-refractivity contribution in [1.82, 2.24) is 0 Å². The van der Waals surface area contributed by atoms with Gasteiger partial charge in [0.15, 0.2) is 9.84 Å². The molecule has 1 aliphatic rings. The smallest absolute Gasteiger partial charge is 0.152 e. The summed E-state index contributed by atoms with van der Waals surface area (Å²) in [4.78, 5) is 0. The Hall–Kier alpha value is -0.910. The van der Waals surface area contributed by atoms with Crippen LogP contribution in [-0.4, -0.2) is 32.0 Å². The Morgan fingerprint density at radius 1 is 1.28 bits per heavy atom. The van der Waals surface area contributed by atoms with E-state index in [0.29, 0.717) is 0 Å². The summed E-state index contributed by atoms with van der Waals surface area (Å²) >= 11 is 0. The van der Waals surface area contributed by atoms with Crippen LogP contribution in [0.1, 0.15) is 24.0 Å². The lowest BCUT2D eigenvalue weighted by Crippen LogP contribution is -2.38. The predicted molar refractivity (Wildman–Crippen MR) is 73.2 cm³/mol. The molecular weight excluding hydrogens is 248 g/mol. The van der Waals surface area contributed by atoms with Gasteiger partial charge in [0, 0.05) is 18.7 Å². The topological polar surface area (TPSA) is 86.2 Å². The molecular formula is C13H20N2O2S. The van der Waals surface area contributed by atoms with E-state index in [-0.39, 0.29) is 12.5 Å². The van der Waals surface area contributed by atoms with Gasteiger partial charge in [-0.25, -0.2) is 8.42 Å². The molecule has 100 valence electrons. The number of aryl methyl sites for hydroxylation is 1. The first-order valence-electron chi connectivity index (χ1n) is 6.11. The predicted octanol–water partition coefficient (Wildman–Crippen LogP) is 0.416. The molecule has 4 N–H and O–H groups in total. The summed E-state index contributed by atoms with van der Waals surface area (Å²) in [6, 6.07) is 7.96. The van der Waals surface area contributed by atoms with E-state index in [1.165, 1.54) is 11.8 Å². The minimum atomic E-state index is -3.17. The summed E-state index contributed by atoms with van der Waals surface area (Å²) in [6.07, 6.45) is 2.19. The van der Waals surface area contributed by atoms with Crippen molar-refractivity contribution >= 4 is 9.84 Å². The van der Waals surface area contributed by atoms with E-state index >= 15 is 0 Å². The van der Waals surface area contributed by atoms with Gasteiger partial charge in [-0.05, 0) is 17.5 Å². The van der Waals surface area contributed by atoms with Gasteiger partial charge in [-0.2, -0.15) is 0 Å². The Morgan fingerprint density at radius 3 is 2.17 bits per heavy atom. The zero-order valence-corrected chi connectivity index (χ0v) is 11.6. The van der Waals surface area contributed by atoms with Gasteiger partial charge in [0.2, 0.25) is 0 Å². The van der Waals surface area contributed by atoms with Crippen LogP contribution in [0.15, 0.2) is 24.3 Å². The summed E-state index contributed by atoms with van der Waals surface area (Å²) in [6.45, 7) is 2.27. The summed E-state index contributed by atoms with van der Waals surface area (Å²) in [5, 5.41) is -0.553. The van der Waals surface area contributed by atoms with Crippen LogP contribution in [0.25, 0.3) is 0 Å². The van der Waals surface area contributed by atoms with Gasteiger partial charge in [-0.1, -0.05) is 31.2 Å². The normalized spacial score (nSPS) is 31.3. The maximum Gasteiger partial charge on any atom is 0.152 e. The molecule has 0 heterocycles. The van der Waals surface area contributed by atoms with Crippen LogP contribution in [0, 0.1) is 0 Å². The minimum absolute atomic E-state index is 0.177. The average molecular weight is 268 g/mol. The summed E-state index contributed by atoms with van der Waals surface area (Å²) < 4.78 is 23.5. The molecule has 1 aromatic carbocycles. The summed E-state index contributed by atoms with van der Waals surface area (Å²) in [7, 11) is -3.17. The molecule has 3 unspecified atom stereocenters. The van der Waals surface area contributed by atoms with E-state index in [4.69, 9.17) is 11.5 Å². The van der Waals surface area contributed by atoms with Gasteiger partial charge < -0.3 is 11.5 Å². The fourth-order valence-electron chi connectivity index (χ4n) is 2.76. The molecule has 0 bridgehead atoms. The highest BCUT2D eigenvalue weighted by Gasteiger charge is 2.67. The highest BCUT2D eigenvalue weighted by atomic mass is 32.2. The monoisotopic (exact) mass is 268 g/mol. The van der Waals surface area contributed by atoms with Crippen molar-refractivity contribution in [2.24, 2.45) is 11.5 Å². The summed E-state index contributed by atoms with van der Waals surface area (Å²) in [5.41, 5.74) is 13.2. The molecule has 0 spiro atoms. The highest BCUT2D eigenvalue weighted by Crippen LogP contribution is 2.53. The van der Waals surface area contributed by atoms with Crippen LogP contribution in [0.5, 0.6) is 0 Å². The van der Waals surface area contributed by atoms with Crippen molar-refractivity contribution in [2.75, 3.05) is 12.8 Å². The molecule has 1 aliphatic carbocycles. The van der Waals surface area contributed by atoms with Crippen molar-refractivity contribution in [3.63, 3.8) is 0 Å². The lowest BCUT2D eigenvalue weighted by Gasteiger charge is -2.07. The quantitative estimate of drug-likeness (QED) is 0.828. The number of rotatable bonds is 4. The van der Waals surface area contributed by atoms with Crippen molar-refractivity contribution in [3.8, 4) is 0 Å². The van der Waals surface area contributed by atoms with Gasteiger partial charge in [-0.3, -0.25) is 0 Å². The molecule has 18 heavy (non-hydrogen) atoms. The summed E-state index contributed by atoms with van der Waals surface area (Å²) in [5.74, 6) is -0.177. The lowest BCUT2D eigenvalue weighted by molar-refractivity contribution is 0.591. The van der Waals surface area contributed by atoms with Gasteiger partial charge in [0.1, 0.15) is 0 Å². The first-order valence-corrected chi connectivity index (χ1v) is 8.06. The first kappa shape index (κ1) is 13.5. The van der Waals surface area contributed by atoms with Gasteiger partial charge in [0.05, 0.1) is 10.8 Å². The van der Waals surface area contributed by atoms with Crippen LogP contribution < -0.4 is 11.5 Å². The van der Waals surface area contributed by atoms with E-state index in [2.05, 4.69) is 6.92 Å². The zero-order valence-electron chi connectivity index (χ0n) is 10.8. The Bertz CT molecular complexity index is 539. The van der Waals surface area contributed by atoms with Crippen LogP contribution >= 0.6 is 0 Å². The van der Waals surface area contributed by atoms with Crippen LogP contribution in [0.3, 0.4) is 0 Å². The molecule has 0 aromatic heterocycles. The maximum absolute atomic E-state index is 11.7. The molecule has 0 aliphatic heterocycles. The van der Waals surface area contributed by atoms with Gasteiger partial charge in [0.25, 0.3) is 0 Å². The van der Waals surface area contributed by atoms with Crippen molar-refractivity contribution in [2.45, 2.75) is 30.1 Å². The number of nitrogens with two attached hydrogens (primary N) is 2. The average Bonchev–Trinajstić information content (AvgIpc) is 2.97. The number of hydrogen-bond donors (Lipinski definition) is 2. The van der Waals surface area contributed by atoms with Crippen molar-refractivity contribution in [1.29, 1.82) is 0 Å². The Kier molecular flexibility index (Phi) is 3.25. The zero-order chi connectivity index (χ0) is 13.6.